The van der Waals surface area contributed by atoms with Gasteiger partial charge in [0.2, 0.25) is 0 Å². The highest BCUT2D eigenvalue weighted by Gasteiger charge is 2.66. The normalized spacial score (nSPS) is 24.0. The zero-order chi connectivity index (χ0) is 31.7. The SMILES string of the molecule is C=CCN1C(=O)[C@]2(O[C@H](CCn3cc(CCO)nn3)[C@@H]([Si](C)(C)O)[C@@H]2C)c2cc(N3C(=O)c4cccc5cccc3c45)ccc21. The van der Waals surface area contributed by atoms with E-state index >= 15 is 0 Å². The second kappa shape index (κ2) is 10.7. The Bertz CT molecular complexity index is 1840. The van der Waals surface area contributed by atoms with E-state index in [1.165, 1.54) is 0 Å². The lowest BCUT2D eigenvalue weighted by atomic mass is 9.82. The summed E-state index contributed by atoms with van der Waals surface area (Å²) in [7, 11) is -2.87. The number of anilines is 3. The molecule has 45 heavy (non-hydrogen) atoms. The molecule has 3 aromatic carbocycles. The molecule has 2 N–H and O–H groups in total. The van der Waals surface area contributed by atoms with Gasteiger partial charge >= 0.3 is 0 Å². The number of hydrogen-bond acceptors (Lipinski definition) is 7. The van der Waals surface area contributed by atoms with Crippen molar-refractivity contribution >= 4 is 48.0 Å². The summed E-state index contributed by atoms with van der Waals surface area (Å²) < 4.78 is 8.68. The minimum Gasteiger partial charge on any atom is -0.432 e. The molecule has 7 rings (SSSR count). The van der Waals surface area contributed by atoms with Crippen LogP contribution in [-0.2, 0) is 28.1 Å². The van der Waals surface area contributed by atoms with Gasteiger partial charge in [-0.2, -0.15) is 0 Å². The Morgan fingerprint density at radius 3 is 2.62 bits per heavy atom. The Balaban J connectivity index is 1.31. The van der Waals surface area contributed by atoms with Gasteiger partial charge in [-0.25, -0.2) is 0 Å². The number of hydrogen-bond donors (Lipinski definition) is 2. The third kappa shape index (κ3) is 4.40. The van der Waals surface area contributed by atoms with Crippen molar-refractivity contribution in [1.82, 2.24) is 15.0 Å². The number of aliphatic hydroxyl groups is 1. The lowest BCUT2D eigenvalue weighted by Gasteiger charge is -2.32. The molecule has 1 saturated heterocycles. The first kappa shape index (κ1) is 29.5. The van der Waals surface area contributed by atoms with Crippen LogP contribution in [-0.4, -0.2) is 64.3 Å². The van der Waals surface area contributed by atoms with Crippen LogP contribution in [0.25, 0.3) is 10.8 Å². The summed E-state index contributed by atoms with van der Waals surface area (Å²) in [6.45, 7) is 10.5. The van der Waals surface area contributed by atoms with Gasteiger partial charge in [0, 0.05) is 60.4 Å². The second-order valence-electron chi connectivity index (χ2n) is 12.8. The van der Waals surface area contributed by atoms with Gasteiger partial charge in [0.05, 0.1) is 28.7 Å². The van der Waals surface area contributed by atoms with E-state index in [4.69, 9.17) is 4.74 Å². The summed E-state index contributed by atoms with van der Waals surface area (Å²) in [5.41, 5.74) is 2.64. The van der Waals surface area contributed by atoms with Crippen molar-refractivity contribution in [2.45, 2.75) is 56.7 Å². The van der Waals surface area contributed by atoms with E-state index in [2.05, 4.69) is 16.9 Å². The first-order valence-corrected chi connectivity index (χ1v) is 18.5. The number of aromatic nitrogens is 3. The number of fused-ring (bicyclic) bond motifs is 2. The molecule has 11 heteroatoms. The Hall–Kier alpha value is -4.16. The molecule has 10 nitrogen and oxygen atoms in total. The Kier molecular flexibility index (Phi) is 7.04. The maximum atomic E-state index is 14.5. The number of nitrogens with zero attached hydrogens (tertiary/aromatic N) is 5. The number of ether oxygens (including phenoxy) is 1. The molecule has 3 aliphatic rings. The standard InChI is InChI=1S/C34H37N5O5Si/c1-5-16-38-27-13-12-24(39-28-11-7-9-22-8-6-10-25(30(22)28)32(39)41)19-26(27)34(33(38)42)21(2)31(45(3,4)43)29(44-34)14-17-37-20-23(15-18-40)35-36-37/h5-13,19-21,29,31,40,43H,1,14-18H2,2-4H3/t21-,29+,31-,34+/m0/s1. The monoisotopic (exact) mass is 623 g/mol. The molecule has 1 aromatic heterocycles. The van der Waals surface area contributed by atoms with Crippen LogP contribution in [0.5, 0.6) is 0 Å². The molecule has 0 bridgehead atoms. The molecule has 2 amide bonds. The van der Waals surface area contributed by atoms with Gasteiger partial charge in [-0.15, -0.1) is 11.7 Å². The fourth-order valence-corrected chi connectivity index (χ4v) is 10.5. The molecule has 4 atom stereocenters. The molecule has 0 saturated carbocycles. The minimum atomic E-state index is -2.87. The molecular weight excluding hydrogens is 586 g/mol. The fourth-order valence-electron chi connectivity index (χ4n) is 7.89. The largest absolute Gasteiger partial charge is 0.432 e. The van der Waals surface area contributed by atoms with Crippen LogP contribution in [0.2, 0.25) is 18.6 Å². The number of rotatable bonds is 9. The highest BCUT2D eigenvalue weighted by Crippen LogP contribution is 2.60. The summed E-state index contributed by atoms with van der Waals surface area (Å²) in [6.07, 6.45) is 4.02. The van der Waals surface area contributed by atoms with Gasteiger partial charge in [0.15, 0.2) is 13.9 Å². The fraction of sp³-hybridized carbons (Fsp3) is 0.353. The highest BCUT2D eigenvalue weighted by atomic mass is 28.4. The second-order valence-corrected chi connectivity index (χ2v) is 16.8. The average Bonchev–Trinajstić information content (AvgIpc) is 3.72. The van der Waals surface area contributed by atoms with Crippen LogP contribution in [0, 0.1) is 5.92 Å². The lowest BCUT2D eigenvalue weighted by Crippen LogP contribution is -2.46. The topological polar surface area (TPSA) is 121 Å². The van der Waals surface area contributed by atoms with Crippen molar-refractivity contribution < 1.29 is 24.2 Å². The minimum absolute atomic E-state index is 0.00812. The van der Waals surface area contributed by atoms with Gasteiger partial charge in [-0.3, -0.25) is 19.2 Å². The molecule has 4 aromatic rings. The third-order valence-corrected chi connectivity index (χ3v) is 12.2. The van der Waals surface area contributed by atoms with Crippen LogP contribution in [0.4, 0.5) is 17.1 Å². The summed E-state index contributed by atoms with van der Waals surface area (Å²) in [6, 6.07) is 17.4. The molecule has 0 unspecified atom stereocenters. The maximum Gasteiger partial charge on any atom is 0.264 e. The van der Waals surface area contributed by atoms with Crippen LogP contribution in [0.3, 0.4) is 0 Å². The van der Waals surface area contributed by atoms with Crippen molar-refractivity contribution in [3.05, 3.63) is 90.3 Å². The van der Waals surface area contributed by atoms with E-state index in [0.717, 1.165) is 22.1 Å². The van der Waals surface area contributed by atoms with E-state index in [1.54, 1.807) is 26.8 Å². The van der Waals surface area contributed by atoms with Crippen LogP contribution < -0.4 is 9.80 Å². The molecule has 0 aliphatic carbocycles. The number of aryl methyl sites for hydroxylation is 1. The van der Waals surface area contributed by atoms with Crippen molar-refractivity contribution in [3.63, 3.8) is 0 Å². The van der Waals surface area contributed by atoms with Gasteiger partial charge in [0.1, 0.15) is 0 Å². The number of amides is 2. The van der Waals surface area contributed by atoms with E-state index in [-0.39, 0.29) is 29.9 Å². The zero-order valence-corrected chi connectivity index (χ0v) is 26.7. The number of carbonyl (C=O) groups is 2. The van der Waals surface area contributed by atoms with Crippen molar-refractivity contribution in [2.75, 3.05) is 23.0 Å². The smallest absolute Gasteiger partial charge is 0.264 e. The Labute approximate surface area is 262 Å². The van der Waals surface area contributed by atoms with Gasteiger partial charge in [0.25, 0.3) is 11.8 Å². The van der Waals surface area contributed by atoms with Crippen LogP contribution in [0.1, 0.15) is 35.0 Å². The zero-order valence-electron chi connectivity index (χ0n) is 25.7. The Morgan fingerprint density at radius 2 is 1.89 bits per heavy atom. The molecule has 1 spiro atoms. The van der Waals surface area contributed by atoms with Gasteiger partial charge in [-0.05, 0) is 55.2 Å². The van der Waals surface area contributed by atoms with Gasteiger partial charge in [-0.1, -0.05) is 42.5 Å². The van der Waals surface area contributed by atoms with Crippen molar-refractivity contribution in [2.24, 2.45) is 5.92 Å². The molecule has 3 aliphatic heterocycles. The third-order valence-electron chi connectivity index (χ3n) is 9.69. The summed E-state index contributed by atoms with van der Waals surface area (Å²) in [4.78, 5) is 43.4. The molecular formula is C34H37N5O5Si. The average molecular weight is 624 g/mol. The van der Waals surface area contributed by atoms with Gasteiger partial charge < -0.3 is 19.5 Å². The first-order chi connectivity index (χ1) is 21.6. The molecule has 1 fully saturated rings. The predicted octanol–water partition coefficient (Wildman–Crippen LogP) is 4.68. The number of benzene rings is 3. The summed E-state index contributed by atoms with van der Waals surface area (Å²) in [5, 5.41) is 19.5. The number of carbonyl (C=O) groups excluding carboxylic acids is 2. The molecule has 0 radical (unpaired) electrons. The Morgan fingerprint density at radius 1 is 1.11 bits per heavy atom. The maximum absolute atomic E-state index is 14.5. The van der Waals surface area contributed by atoms with E-state index in [0.29, 0.717) is 48.4 Å². The van der Waals surface area contributed by atoms with Crippen LogP contribution in [0.15, 0.2) is 73.4 Å². The van der Waals surface area contributed by atoms with Crippen molar-refractivity contribution in [1.29, 1.82) is 0 Å². The highest BCUT2D eigenvalue weighted by molar-refractivity contribution is 6.71. The van der Waals surface area contributed by atoms with E-state index < -0.39 is 20.0 Å². The van der Waals surface area contributed by atoms with Crippen LogP contribution >= 0.6 is 0 Å². The van der Waals surface area contributed by atoms with E-state index in [1.807, 2.05) is 74.6 Å². The lowest BCUT2D eigenvalue weighted by molar-refractivity contribution is -0.145. The summed E-state index contributed by atoms with van der Waals surface area (Å²) >= 11 is 0. The first-order valence-electron chi connectivity index (χ1n) is 15.4. The summed E-state index contributed by atoms with van der Waals surface area (Å²) in [5.74, 6) is -0.644. The van der Waals surface area contributed by atoms with Crippen molar-refractivity contribution in [3.8, 4) is 0 Å². The predicted molar refractivity (Wildman–Crippen MR) is 174 cm³/mol. The molecule has 4 heterocycles. The quantitative estimate of drug-likeness (QED) is 0.205. The molecule has 232 valence electrons. The number of aliphatic hydroxyl groups excluding tert-OH is 1. The van der Waals surface area contributed by atoms with E-state index in [9.17, 15) is 19.5 Å².